The Bertz CT molecular complexity index is 671. The number of fused-ring (bicyclic) bond motifs is 1. The Balaban J connectivity index is 2.05. The van der Waals surface area contributed by atoms with E-state index in [1.165, 1.54) is 30.6 Å². The van der Waals surface area contributed by atoms with Gasteiger partial charge < -0.3 is 4.57 Å². The summed E-state index contributed by atoms with van der Waals surface area (Å²) >= 11 is 0. The topological polar surface area (TPSA) is 41.6 Å². The molecule has 20 heavy (non-hydrogen) atoms. The highest BCUT2D eigenvalue weighted by Gasteiger charge is 2.25. The number of aryl methyl sites for hydroxylation is 1. The minimum absolute atomic E-state index is 0.0476. The summed E-state index contributed by atoms with van der Waals surface area (Å²) in [4.78, 5) is 4.82. The maximum atomic E-state index is 9.34. The number of benzene rings is 1. The summed E-state index contributed by atoms with van der Waals surface area (Å²) in [5.41, 5.74) is 3.30. The molecule has 1 unspecified atom stereocenters. The van der Waals surface area contributed by atoms with Crippen molar-refractivity contribution in [3.8, 4) is 6.07 Å². The fraction of sp³-hybridized carbons (Fsp3) is 0.529. The summed E-state index contributed by atoms with van der Waals surface area (Å²) in [5.74, 6) is 2.12. The highest BCUT2D eigenvalue weighted by Crippen LogP contribution is 2.37. The van der Waals surface area contributed by atoms with E-state index in [1.807, 2.05) is 0 Å². The SMILES string of the molecule is CC(C)C(C#N)c1ccc2c(c1)nc(C1CCC1)n2C. The molecule has 1 fully saturated rings. The van der Waals surface area contributed by atoms with E-state index < -0.39 is 0 Å². The molecule has 0 aliphatic heterocycles. The van der Waals surface area contributed by atoms with Gasteiger partial charge in [-0.15, -0.1) is 0 Å². The Labute approximate surface area is 120 Å². The summed E-state index contributed by atoms with van der Waals surface area (Å²) in [6.07, 6.45) is 3.84. The third kappa shape index (κ3) is 2.00. The molecule has 1 aromatic carbocycles. The molecule has 0 saturated heterocycles. The number of hydrogen-bond donors (Lipinski definition) is 0. The second-order valence-electron chi connectivity index (χ2n) is 6.26. The van der Waals surface area contributed by atoms with Gasteiger partial charge in [-0.25, -0.2) is 4.98 Å². The first-order chi connectivity index (χ1) is 9.61. The van der Waals surface area contributed by atoms with Crippen LogP contribution in [0.3, 0.4) is 0 Å². The van der Waals surface area contributed by atoms with Crippen molar-refractivity contribution in [2.45, 2.75) is 44.9 Å². The molecule has 3 nitrogen and oxygen atoms in total. The monoisotopic (exact) mass is 267 g/mol. The second kappa shape index (κ2) is 4.94. The van der Waals surface area contributed by atoms with E-state index in [1.54, 1.807) is 0 Å². The van der Waals surface area contributed by atoms with E-state index in [4.69, 9.17) is 4.98 Å². The van der Waals surface area contributed by atoms with Crippen LogP contribution in [0.1, 0.15) is 56.3 Å². The lowest BCUT2D eigenvalue weighted by Crippen LogP contribution is -2.13. The summed E-state index contributed by atoms with van der Waals surface area (Å²) in [6, 6.07) is 8.72. The average molecular weight is 267 g/mol. The van der Waals surface area contributed by atoms with Gasteiger partial charge >= 0.3 is 0 Å². The van der Waals surface area contributed by atoms with Crippen molar-refractivity contribution in [3.05, 3.63) is 29.6 Å². The normalized spacial score (nSPS) is 17.1. The van der Waals surface area contributed by atoms with Crippen molar-refractivity contribution < 1.29 is 0 Å². The molecule has 1 aliphatic rings. The van der Waals surface area contributed by atoms with Crippen LogP contribution in [0.15, 0.2) is 18.2 Å². The molecule has 2 aromatic rings. The van der Waals surface area contributed by atoms with Crippen LogP contribution in [-0.4, -0.2) is 9.55 Å². The largest absolute Gasteiger partial charge is 0.331 e. The number of rotatable bonds is 3. The molecule has 1 aromatic heterocycles. The van der Waals surface area contributed by atoms with Crippen molar-refractivity contribution in [1.82, 2.24) is 9.55 Å². The summed E-state index contributed by atoms with van der Waals surface area (Å²) < 4.78 is 2.22. The second-order valence-corrected chi connectivity index (χ2v) is 6.26. The lowest BCUT2D eigenvalue weighted by atomic mass is 9.85. The van der Waals surface area contributed by atoms with Gasteiger partial charge in [0.15, 0.2) is 0 Å². The molecule has 0 bridgehead atoms. The van der Waals surface area contributed by atoms with E-state index in [9.17, 15) is 5.26 Å². The van der Waals surface area contributed by atoms with E-state index in [0.717, 1.165) is 11.1 Å². The van der Waals surface area contributed by atoms with E-state index in [2.05, 4.69) is 49.7 Å². The van der Waals surface area contributed by atoms with Crippen molar-refractivity contribution in [3.63, 3.8) is 0 Å². The van der Waals surface area contributed by atoms with Crippen LogP contribution in [0.5, 0.6) is 0 Å². The van der Waals surface area contributed by atoms with Crippen molar-refractivity contribution in [2.75, 3.05) is 0 Å². The zero-order valence-corrected chi connectivity index (χ0v) is 12.4. The first-order valence-electron chi connectivity index (χ1n) is 7.47. The Morgan fingerprint density at radius 2 is 2.10 bits per heavy atom. The van der Waals surface area contributed by atoms with Crippen molar-refractivity contribution in [1.29, 1.82) is 5.26 Å². The van der Waals surface area contributed by atoms with E-state index >= 15 is 0 Å². The molecule has 0 radical (unpaired) electrons. The zero-order chi connectivity index (χ0) is 14.3. The molecule has 1 heterocycles. The first kappa shape index (κ1) is 13.2. The highest BCUT2D eigenvalue weighted by atomic mass is 15.1. The van der Waals surface area contributed by atoms with Gasteiger partial charge in [0.2, 0.25) is 0 Å². The first-order valence-corrected chi connectivity index (χ1v) is 7.47. The minimum Gasteiger partial charge on any atom is -0.331 e. The zero-order valence-electron chi connectivity index (χ0n) is 12.4. The highest BCUT2D eigenvalue weighted by molar-refractivity contribution is 5.77. The summed E-state index contributed by atoms with van der Waals surface area (Å²) in [5, 5.41) is 9.34. The quantitative estimate of drug-likeness (QED) is 0.840. The molecule has 1 aliphatic carbocycles. The summed E-state index contributed by atoms with van der Waals surface area (Å²) in [6.45, 7) is 4.19. The third-order valence-corrected chi connectivity index (χ3v) is 4.57. The number of hydrogen-bond acceptors (Lipinski definition) is 2. The molecule has 1 saturated carbocycles. The smallest absolute Gasteiger partial charge is 0.112 e. The Morgan fingerprint density at radius 1 is 1.35 bits per heavy atom. The minimum atomic E-state index is -0.0476. The molecule has 1 atom stereocenters. The fourth-order valence-corrected chi connectivity index (χ4v) is 3.07. The molecular weight excluding hydrogens is 246 g/mol. The van der Waals surface area contributed by atoms with E-state index in [0.29, 0.717) is 11.8 Å². The van der Waals surface area contributed by atoms with Gasteiger partial charge in [0.05, 0.1) is 23.0 Å². The van der Waals surface area contributed by atoms with Crippen molar-refractivity contribution >= 4 is 11.0 Å². The number of aromatic nitrogens is 2. The van der Waals surface area contributed by atoms with Crippen LogP contribution in [-0.2, 0) is 7.05 Å². The van der Waals surface area contributed by atoms with Gasteiger partial charge in [-0.3, -0.25) is 0 Å². The van der Waals surface area contributed by atoms with Crippen LogP contribution in [0.2, 0.25) is 0 Å². The maximum absolute atomic E-state index is 9.34. The van der Waals surface area contributed by atoms with Crippen LogP contribution < -0.4 is 0 Å². The molecule has 0 spiro atoms. The fourth-order valence-electron chi connectivity index (χ4n) is 3.07. The lowest BCUT2D eigenvalue weighted by Gasteiger charge is -2.24. The Hall–Kier alpha value is -1.82. The maximum Gasteiger partial charge on any atom is 0.112 e. The molecule has 3 rings (SSSR count). The van der Waals surface area contributed by atoms with Gasteiger partial charge in [-0.2, -0.15) is 5.26 Å². The lowest BCUT2D eigenvalue weighted by molar-refractivity contribution is 0.395. The van der Waals surface area contributed by atoms with Gasteiger partial charge in [-0.1, -0.05) is 26.3 Å². The van der Waals surface area contributed by atoms with Crippen LogP contribution in [0.25, 0.3) is 11.0 Å². The van der Waals surface area contributed by atoms with Gasteiger partial charge in [0.1, 0.15) is 5.82 Å². The van der Waals surface area contributed by atoms with Gasteiger partial charge in [0.25, 0.3) is 0 Å². The molecule has 0 amide bonds. The van der Waals surface area contributed by atoms with Crippen LogP contribution >= 0.6 is 0 Å². The molecule has 3 heteroatoms. The van der Waals surface area contributed by atoms with Crippen LogP contribution in [0.4, 0.5) is 0 Å². The number of nitriles is 1. The Kier molecular flexibility index (Phi) is 3.25. The molecule has 104 valence electrons. The van der Waals surface area contributed by atoms with E-state index in [-0.39, 0.29) is 5.92 Å². The standard InChI is InChI=1S/C17H21N3/c1-11(2)14(10-18)13-7-8-16-15(9-13)19-17(20(16)3)12-5-4-6-12/h7-9,11-12,14H,4-6H2,1-3H3. The molecular formula is C17H21N3. The van der Waals surface area contributed by atoms with Gasteiger partial charge in [-0.05, 0) is 36.5 Å². The predicted octanol–water partition coefficient (Wildman–Crippen LogP) is 4.10. The summed E-state index contributed by atoms with van der Waals surface area (Å²) in [7, 11) is 2.10. The molecule has 0 N–H and O–H groups in total. The Morgan fingerprint density at radius 3 is 2.65 bits per heavy atom. The number of imidazole rings is 1. The van der Waals surface area contributed by atoms with Gasteiger partial charge in [0, 0.05) is 13.0 Å². The van der Waals surface area contributed by atoms with Crippen molar-refractivity contribution in [2.24, 2.45) is 13.0 Å². The van der Waals surface area contributed by atoms with Crippen LogP contribution in [0, 0.1) is 17.2 Å². The predicted molar refractivity (Wildman–Crippen MR) is 80.5 cm³/mol. The average Bonchev–Trinajstić information content (AvgIpc) is 2.65. The third-order valence-electron chi connectivity index (χ3n) is 4.57. The number of nitrogens with zero attached hydrogens (tertiary/aromatic N) is 3.